The van der Waals surface area contributed by atoms with Crippen molar-refractivity contribution < 1.29 is 9.59 Å². The molecule has 4 nitrogen and oxygen atoms in total. The molecule has 1 heterocycles. The van der Waals surface area contributed by atoms with Crippen LogP contribution < -0.4 is 10.6 Å². The summed E-state index contributed by atoms with van der Waals surface area (Å²) in [5.41, 5.74) is 3.77. The molecule has 1 aromatic carbocycles. The first-order chi connectivity index (χ1) is 12.7. The normalized spacial score (nSPS) is 16.6. The quantitative estimate of drug-likeness (QED) is 0.797. The van der Waals surface area contributed by atoms with Crippen LogP contribution in [0.1, 0.15) is 63.2 Å². The number of carbonyl (C=O) groups is 2. The minimum Gasteiger partial charge on any atom is -0.355 e. The topological polar surface area (TPSA) is 58.2 Å². The van der Waals surface area contributed by atoms with Gasteiger partial charge in [0.1, 0.15) is 0 Å². The van der Waals surface area contributed by atoms with Crippen LogP contribution in [0.5, 0.6) is 0 Å². The van der Waals surface area contributed by atoms with Crippen molar-refractivity contribution in [3.05, 3.63) is 50.7 Å². The van der Waals surface area contributed by atoms with Crippen molar-refractivity contribution >= 4 is 28.8 Å². The second kappa shape index (κ2) is 7.47. The van der Waals surface area contributed by atoms with Gasteiger partial charge < -0.3 is 10.6 Å². The zero-order valence-electron chi connectivity index (χ0n) is 16.7. The molecule has 144 valence electrons. The number of carbonyl (C=O) groups excluding carboxylic acids is 2. The molecule has 1 aromatic heterocycles. The molecule has 1 aliphatic rings. The summed E-state index contributed by atoms with van der Waals surface area (Å²) < 4.78 is 0. The lowest BCUT2D eigenvalue weighted by atomic mass is 9.72. The monoisotopic (exact) mass is 384 g/mol. The predicted octanol–water partition coefficient (Wildman–Crippen LogP) is 4.82. The number of hydrogen-bond acceptors (Lipinski definition) is 3. The van der Waals surface area contributed by atoms with E-state index in [-0.39, 0.29) is 11.8 Å². The smallest absolute Gasteiger partial charge is 0.265 e. The Morgan fingerprint density at radius 3 is 2.56 bits per heavy atom. The third-order valence-corrected chi connectivity index (χ3v) is 6.74. The summed E-state index contributed by atoms with van der Waals surface area (Å²) in [7, 11) is 1.60. The molecule has 1 unspecified atom stereocenters. The number of rotatable bonds is 3. The van der Waals surface area contributed by atoms with Gasteiger partial charge in [-0.15, -0.1) is 11.3 Å². The summed E-state index contributed by atoms with van der Waals surface area (Å²) in [4.78, 5) is 26.8. The molecule has 1 aliphatic carbocycles. The average molecular weight is 385 g/mol. The van der Waals surface area contributed by atoms with E-state index < -0.39 is 0 Å². The summed E-state index contributed by atoms with van der Waals surface area (Å²) >= 11 is 1.60. The van der Waals surface area contributed by atoms with E-state index in [1.165, 1.54) is 16.9 Å². The highest BCUT2D eigenvalue weighted by Crippen LogP contribution is 2.40. The lowest BCUT2D eigenvalue weighted by Gasteiger charge is -2.33. The number of anilines is 1. The Morgan fingerprint density at radius 2 is 1.89 bits per heavy atom. The SMILES string of the molecule is CNC(=O)c1ccc(C)c(NC(=O)c2cc3c(s2)CCC(C(C)(C)C)C3)c1. The first-order valence-electron chi connectivity index (χ1n) is 9.44. The summed E-state index contributed by atoms with van der Waals surface area (Å²) in [5, 5.41) is 5.60. The largest absolute Gasteiger partial charge is 0.355 e. The average Bonchev–Trinajstić information content (AvgIpc) is 3.05. The van der Waals surface area contributed by atoms with Crippen LogP contribution >= 0.6 is 11.3 Å². The maximum Gasteiger partial charge on any atom is 0.265 e. The molecule has 0 fully saturated rings. The van der Waals surface area contributed by atoms with Gasteiger partial charge in [0.2, 0.25) is 0 Å². The molecule has 27 heavy (non-hydrogen) atoms. The summed E-state index contributed by atoms with van der Waals surface area (Å²) in [5.74, 6) is 0.395. The third kappa shape index (κ3) is 4.24. The number of hydrogen-bond donors (Lipinski definition) is 2. The van der Waals surface area contributed by atoms with E-state index in [0.29, 0.717) is 22.6 Å². The van der Waals surface area contributed by atoms with Gasteiger partial charge in [0, 0.05) is 23.2 Å². The number of amides is 2. The Hall–Kier alpha value is -2.14. The first kappa shape index (κ1) is 19.6. The van der Waals surface area contributed by atoms with E-state index in [1.807, 2.05) is 13.0 Å². The summed E-state index contributed by atoms with van der Waals surface area (Å²) in [6, 6.07) is 7.41. The molecule has 2 amide bonds. The molecular weight excluding hydrogens is 356 g/mol. The summed E-state index contributed by atoms with van der Waals surface area (Å²) in [6.45, 7) is 8.82. The van der Waals surface area contributed by atoms with E-state index in [1.54, 1.807) is 30.5 Å². The maximum atomic E-state index is 12.8. The van der Waals surface area contributed by atoms with Crippen LogP contribution in [0.4, 0.5) is 5.69 Å². The minimum atomic E-state index is -0.162. The van der Waals surface area contributed by atoms with Crippen molar-refractivity contribution in [3.63, 3.8) is 0 Å². The molecule has 0 saturated carbocycles. The lowest BCUT2D eigenvalue weighted by molar-refractivity contribution is 0.0961. The minimum absolute atomic E-state index is 0.0983. The van der Waals surface area contributed by atoms with Crippen LogP contribution in [0.25, 0.3) is 0 Å². The molecule has 0 aliphatic heterocycles. The molecule has 0 radical (unpaired) electrons. The maximum absolute atomic E-state index is 12.8. The Labute approximate surface area is 165 Å². The second-order valence-corrected chi connectivity index (χ2v) is 9.56. The van der Waals surface area contributed by atoms with Gasteiger partial charge in [0.15, 0.2) is 0 Å². The molecule has 0 bridgehead atoms. The van der Waals surface area contributed by atoms with E-state index in [2.05, 4.69) is 37.5 Å². The zero-order chi connectivity index (χ0) is 19.8. The van der Waals surface area contributed by atoms with Crippen LogP contribution in [-0.2, 0) is 12.8 Å². The van der Waals surface area contributed by atoms with Crippen LogP contribution in [0.15, 0.2) is 24.3 Å². The highest BCUT2D eigenvalue weighted by molar-refractivity contribution is 7.14. The molecular formula is C22H28N2O2S. The van der Waals surface area contributed by atoms with Gasteiger partial charge in [0.25, 0.3) is 11.8 Å². The Kier molecular flexibility index (Phi) is 5.43. The van der Waals surface area contributed by atoms with Crippen molar-refractivity contribution in [2.45, 2.75) is 47.0 Å². The predicted molar refractivity (Wildman–Crippen MR) is 112 cm³/mol. The van der Waals surface area contributed by atoms with E-state index in [4.69, 9.17) is 0 Å². The molecule has 3 rings (SSSR count). The number of benzene rings is 1. The number of fused-ring (bicyclic) bond motifs is 1. The highest BCUT2D eigenvalue weighted by atomic mass is 32.1. The fourth-order valence-electron chi connectivity index (χ4n) is 3.60. The van der Waals surface area contributed by atoms with Gasteiger partial charge >= 0.3 is 0 Å². The van der Waals surface area contributed by atoms with Crippen molar-refractivity contribution in [1.29, 1.82) is 0 Å². The van der Waals surface area contributed by atoms with Gasteiger partial charge in [-0.1, -0.05) is 26.8 Å². The Bertz CT molecular complexity index is 877. The third-order valence-electron chi connectivity index (χ3n) is 5.51. The molecule has 0 spiro atoms. The standard InChI is InChI=1S/C22H28N2O2S/c1-13-6-7-14(20(25)23-5)11-17(13)24-21(26)19-12-15-10-16(22(2,3)4)8-9-18(15)27-19/h6-7,11-12,16H,8-10H2,1-5H3,(H,23,25)(H,24,26). The zero-order valence-corrected chi connectivity index (χ0v) is 17.5. The van der Waals surface area contributed by atoms with Crippen molar-refractivity contribution in [2.24, 2.45) is 11.3 Å². The molecule has 0 saturated heterocycles. The lowest BCUT2D eigenvalue weighted by Crippen LogP contribution is -2.26. The van der Waals surface area contributed by atoms with Gasteiger partial charge in [-0.2, -0.15) is 0 Å². The number of thiophene rings is 1. The van der Waals surface area contributed by atoms with Crippen LogP contribution in [0, 0.1) is 18.3 Å². The van der Waals surface area contributed by atoms with Crippen LogP contribution in [0.2, 0.25) is 0 Å². The Morgan fingerprint density at radius 1 is 1.15 bits per heavy atom. The van der Waals surface area contributed by atoms with Gasteiger partial charge in [-0.3, -0.25) is 9.59 Å². The Balaban J connectivity index is 1.79. The number of nitrogens with one attached hydrogen (secondary N) is 2. The molecule has 2 aromatic rings. The molecule has 5 heteroatoms. The van der Waals surface area contributed by atoms with Gasteiger partial charge in [0.05, 0.1) is 4.88 Å². The van der Waals surface area contributed by atoms with Crippen LogP contribution in [-0.4, -0.2) is 18.9 Å². The fourth-order valence-corrected chi connectivity index (χ4v) is 4.70. The van der Waals surface area contributed by atoms with E-state index >= 15 is 0 Å². The second-order valence-electron chi connectivity index (χ2n) is 8.43. The number of aryl methyl sites for hydroxylation is 2. The van der Waals surface area contributed by atoms with Crippen LogP contribution in [0.3, 0.4) is 0 Å². The first-order valence-corrected chi connectivity index (χ1v) is 10.3. The van der Waals surface area contributed by atoms with Gasteiger partial charge in [-0.05, 0) is 66.8 Å². The fraction of sp³-hybridized carbons (Fsp3) is 0.455. The molecule has 1 atom stereocenters. The summed E-state index contributed by atoms with van der Waals surface area (Å²) in [6.07, 6.45) is 3.29. The molecule has 2 N–H and O–H groups in total. The highest BCUT2D eigenvalue weighted by Gasteiger charge is 2.30. The van der Waals surface area contributed by atoms with Crippen molar-refractivity contribution in [1.82, 2.24) is 5.32 Å². The van der Waals surface area contributed by atoms with Gasteiger partial charge in [-0.25, -0.2) is 0 Å². The van der Waals surface area contributed by atoms with Crippen molar-refractivity contribution in [2.75, 3.05) is 12.4 Å². The van der Waals surface area contributed by atoms with E-state index in [0.717, 1.165) is 23.3 Å². The van der Waals surface area contributed by atoms with E-state index in [9.17, 15) is 9.59 Å². The van der Waals surface area contributed by atoms with Crippen molar-refractivity contribution in [3.8, 4) is 0 Å².